The van der Waals surface area contributed by atoms with Crippen molar-refractivity contribution in [2.75, 3.05) is 26.2 Å². The maximum atomic E-state index is 13.1. The minimum Gasteiger partial charge on any atom is -0.336 e. The number of piperidine rings is 1. The second-order valence-electron chi connectivity index (χ2n) is 7.62. The van der Waals surface area contributed by atoms with Gasteiger partial charge < -0.3 is 14.8 Å². The van der Waals surface area contributed by atoms with E-state index in [1.165, 1.54) is 11.3 Å². The van der Waals surface area contributed by atoms with Gasteiger partial charge in [-0.15, -0.1) is 24.8 Å². The molecule has 3 aliphatic rings. The van der Waals surface area contributed by atoms with Gasteiger partial charge in [0.05, 0.1) is 6.20 Å². The van der Waals surface area contributed by atoms with E-state index in [-0.39, 0.29) is 36.1 Å². The van der Waals surface area contributed by atoms with Gasteiger partial charge in [0.2, 0.25) is 0 Å². The second-order valence-corrected chi connectivity index (χ2v) is 7.62. The van der Waals surface area contributed by atoms with Crippen LogP contribution in [0.2, 0.25) is 0 Å². The van der Waals surface area contributed by atoms with Gasteiger partial charge in [0.25, 0.3) is 5.91 Å². The normalized spacial score (nSPS) is 23.8. The van der Waals surface area contributed by atoms with Crippen molar-refractivity contribution in [3.05, 3.63) is 35.2 Å². The van der Waals surface area contributed by atoms with Crippen LogP contribution in [0, 0.1) is 0 Å². The molecule has 9 heteroatoms. The van der Waals surface area contributed by atoms with E-state index in [9.17, 15) is 4.79 Å². The molecule has 148 valence electrons. The summed E-state index contributed by atoms with van der Waals surface area (Å²) in [7, 11) is 0. The number of aryl methyl sites for hydroxylation is 1. The molecule has 1 spiro atoms. The van der Waals surface area contributed by atoms with Crippen LogP contribution in [-0.4, -0.2) is 56.7 Å². The second kappa shape index (κ2) is 7.81. The number of imidazole rings is 1. The first-order chi connectivity index (χ1) is 12.3. The van der Waals surface area contributed by atoms with Gasteiger partial charge in [0.15, 0.2) is 0 Å². The molecule has 27 heavy (non-hydrogen) atoms. The summed E-state index contributed by atoms with van der Waals surface area (Å²) in [5, 5.41) is 10.8. The number of rotatable bonds is 1. The van der Waals surface area contributed by atoms with Gasteiger partial charge >= 0.3 is 0 Å². The van der Waals surface area contributed by atoms with Crippen molar-refractivity contribution in [1.82, 2.24) is 30.0 Å². The molecule has 1 saturated heterocycles. The Kier molecular flexibility index (Phi) is 5.84. The number of hydrogen-bond acceptors (Lipinski definition) is 4. The quantitative estimate of drug-likeness (QED) is 0.746. The van der Waals surface area contributed by atoms with E-state index < -0.39 is 0 Å². The van der Waals surface area contributed by atoms with Crippen LogP contribution in [0.3, 0.4) is 0 Å². The summed E-state index contributed by atoms with van der Waals surface area (Å²) in [5.74, 6) is 1.11. The third-order valence-corrected chi connectivity index (χ3v) is 6.12. The molecule has 0 bridgehead atoms. The van der Waals surface area contributed by atoms with Crippen molar-refractivity contribution >= 4 is 30.7 Å². The minimum atomic E-state index is 0. The van der Waals surface area contributed by atoms with E-state index in [0.29, 0.717) is 5.69 Å². The molecular weight excluding hydrogens is 387 g/mol. The summed E-state index contributed by atoms with van der Waals surface area (Å²) in [6.07, 6.45) is 9.15. The molecule has 4 heterocycles. The Labute approximate surface area is 171 Å². The average Bonchev–Trinajstić information content (AvgIpc) is 3.30. The SMILES string of the molecule is Cl.Cl.O=C(c1cn2c(n1)CCNCC2)N1CCCC2(CCc3cn[nH]c32)C1. The molecule has 1 aliphatic carbocycles. The number of hydrogen-bond donors (Lipinski definition) is 2. The molecule has 1 atom stereocenters. The zero-order chi connectivity index (χ0) is 16.9. The van der Waals surface area contributed by atoms with Crippen molar-refractivity contribution in [1.29, 1.82) is 0 Å². The fourth-order valence-corrected chi connectivity index (χ4v) is 4.81. The highest BCUT2D eigenvalue weighted by Crippen LogP contribution is 2.44. The van der Waals surface area contributed by atoms with Gasteiger partial charge in [-0.1, -0.05) is 0 Å². The molecule has 1 amide bonds. The highest BCUT2D eigenvalue weighted by atomic mass is 35.5. The van der Waals surface area contributed by atoms with Gasteiger partial charge in [0.1, 0.15) is 11.5 Å². The summed E-state index contributed by atoms with van der Waals surface area (Å²) in [6, 6.07) is 0. The summed E-state index contributed by atoms with van der Waals surface area (Å²) >= 11 is 0. The maximum absolute atomic E-state index is 13.1. The molecule has 2 aromatic rings. The summed E-state index contributed by atoms with van der Waals surface area (Å²) in [6.45, 7) is 4.36. The average molecular weight is 413 g/mol. The Morgan fingerprint density at radius 3 is 2.93 bits per heavy atom. The third kappa shape index (κ3) is 3.37. The highest BCUT2D eigenvalue weighted by Gasteiger charge is 2.44. The van der Waals surface area contributed by atoms with E-state index in [0.717, 1.165) is 70.7 Å². The van der Waals surface area contributed by atoms with E-state index in [1.54, 1.807) is 0 Å². The van der Waals surface area contributed by atoms with E-state index in [2.05, 4.69) is 25.1 Å². The van der Waals surface area contributed by atoms with Crippen molar-refractivity contribution in [3.8, 4) is 0 Å². The highest BCUT2D eigenvalue weighted by molar-refractivity contribution is 5.92. The number of H-pyrrole nitrogens is 1. The Balaban J connectivity index is 0.00000105. The first-order valence-electron chi connectivity index (χ1n) is 9.34. The molecule has 0 aromatic carbocycles. The molecule has 1 fully saturated rings. The Morgan fingerprint density at radius 2 is 2.04 bits per heavy atom. The molecule has 7 nitrogen and oxygen atoms in total. The minimum absolute atomic E-state index is 0. The predicted molar refractivity (Wildman–Crippen MR) is 107 cm³/mol. The van der Waals surface area contributed by atoms with Crippen LogP contribution in [0.4, 0.5) is 0 Å². The number of aromatic amines is 1. The van der Waals surface area contributed by atoms with E-state index in [1.807, 2.05) is 17.3 Å². The Hall–Kier alpha value is -1.57. The first kappa shape index (κ1) is 20.2. The van der Waals surface area contributed by atoms with Gasteiger partial charge in [-0.3, -0.25) is 9.89 Å². The van der Waals surface area contributed by atoms with Crippen molar-refractivity contribution in [2.24, 2.45) is 0 Å². The van der Waals surface area contributed by atoms with Gasteiger partial charge in [-0.05, 0) is 31.2 Å². The number of nitrogens with one attached hydrogen (secondary N) is 2. The van der Waals surface area contributed by atoms with Crippen LogP contribution in [0.25, 0.3) is 0 Å². The van der Waals surface area contributed by atoms with Crippen LogP contribution in [0.15, 0.2) is 12.4 Å². The molecule has 2 N–H and O–H groups in total. The van der Waals surface area contributed by atoms with E-state index >= 15 is 0 Å². The molecule has 2 aliphatic heterocycles. The standard InChI is InChI=1S/C18H24N6O.2ClH/c25-17(14-11-23-9-7-19-6-3-15(23)21-14)24-8-1-4-18(12-24)5-2-13-10-20-22-16(13)18;;/h10-11,19H,1-9,12H2,(H,20,22);2*1H. The molecule has 0 saturated carbocycles. The lowest BCUT2D eigenvalue weighted by Gasteiger charge is -2.40. The van der Waals surface area contributed by atoms with Gasteiger partial charge in [-0.25, -0.2) is 4.98 Å². The zero-order valence-corrected chi connectivity index (χ0v) is 16.9. The first-order valence-corrected chi connectivity index (χ1v) is 9.34. The lowest BCUT2D eigenvalue weighted by atomic mass is 9.77. The van der Waals surface area contributed by atoms with Crippen LogP contribution in [-0.2, 0) is 24.8 Å². The number of halogens is 2. The summed E-state index contributed by atoms with van der Waals surface area (Å²) in [4.78, 5) is 19.8. The fraction of sp³-hybridized carbons (Fsp3) is 0.611. The summed E-state index contributed by atoms with van der Waals surface area (Å²) in [5.41, 5.74) is 3.27. The summed E-state index contributed by atoms with van der Waals surface area (Å²) < 4.78 is 2.13. The van der Waals surface area contributed by atoms with Gasteiger partial charge in [0, 0.05) is 56.5 Å². The van der Waals surface area contributed by atoms with Crippen molar-refractivity contribution in [3.63, 3.8) is 0 Å². The molecule has 1 unspecified atom stereocenters. The molecule has 0 radical (unpaired) electrons. The Bertz CT molecular complexity index is 795. The third-order valence-electron chi connectivity index (χ3n) is 6.12. The maximum Gasteiger partial charge on any atom is 0.274 e. The number of carbonyl (C=O) groups is 1. The lowest BCUT2D eigenvalue weighted by Crippen LogP contribution is -2.48. The monoisotopic (exact) mass is 412 g/mol. The van der Waals surface area contributed by atoms with Crippen LogP contribution in [0.5, 0.6) is 0 Å². The van der Waals surface area contributed by atoms with Crippen molar-refractivity contribution in [2.45, 2.75) is 44.1 Å². The zero-order valence-electron chi connectivity index (χ0n) is 15.2. The smallest absolute Gasteiger partial charge is 0.274 e. The fourth-order valence-electron chi connectivity index (χ4n) is 4.81. The van der Waals surface area contributed by atoms with Crippen LogP contribution < -0.4 is 5.32 Å². The number of aromatic nitrogens is 4. The molecule has 2 aromatic heterocycles. The van der Waals surface area contributed by atoms with Crippen molar-refractivity contribution < 1.29 is 4.79 Å². The number of amides is 1. The van der Waals surface area contributed by atoms with Crippen LogP contribution in [0.1, 0.15) is 46.8 Å². The predicted octanol–water partition coefficient (Wildman–Crippen LogP) is 1.72. The number of fused-ring (bicyclic) bond motifs is 3. The molecular formula is C18H26Cl2N6O. The number of carbonyl (C=O) groups excluding carboxylic acids is 1. The number of likely N-dealkylation sites (tertiary alicyclic amines) is 1. The lowest BCUT2D eigenvalue weighted by molar-refractivity contribution is 0.0627. The van der Waals surface area contributed by atoms with E-state index in [4.69, 9.17) is 0 Å². The van der Waals surface area contributed by atoms with Crippen LogP contribution >= 0.6 is 24.8 Å². The topological polar surface area (TPSA) is 78.8 Å². The largest absolute Gasteiger partial charge is 0.336 e. The molecule has 5 rings (SSSR count). The number of nitrogens with zero attached hydrogens (tertiary/aromatic N) is 4. The Morgan fingerprint density at radius 1 is 1.15 bits per heavy atom. The van der Waals surface area contributed by atoms with Gasteiger partial charge in [-0.2, -0.15) is 5.10 Å².